The molecule has 2 aliphatic heterocycles. The van der Waals surface area contributed by atoms with Crippen molar-refractivity contribution in [3.8, 4) is 0 Å². The molecule has 2 aromatic carbocycles. The molecule has 1 N–H and O–H groups in total. The van der Waals surface area contributed by atoms with E-state index in [0.29, 0.717) is 19.4 Å². The van der Waals surface area contributed by atoms with Gasteiger partial charge in [-0.25, -0.2) is 0 Å². The first-order valence-electron chi connectivity index (χ1n) is 10.5. The Morgan fingerprint density at radius 2 is 1.71 bits per heavy atom. The third-order valence-electron chi connectivity index (χ3n) is 6.24. The van der Waals surface area contributed by atoms with Crippen LogP contribution in [0.25, 0.3) is 0 Å². The van der Waals surface area contributed by atoms with Gasteiger partial charge in [-0.15, -0.1) is 0 Å². The first kappa shape index (κ1) is 21.6. The van der Waals surface area contributed by atoms with Crippen LogP contribution >= 0.6 is 0 Å². The zero-order valence-electron chi connectivity index (χ0n) is 17.6. The van der Waals surface area contributed by atoms with E-state index in [-0.39, 0.29) is 32.8 Å². The van der Waals surface area contributed by atoms with Gasteiger partial charge in [0.15, 0.2) is 0 Å². The Morgan fingerprint density at radius 1 is 1.10 bits per heavy atom. The number of carboxylic acid groups (broad SMARTS) is 1. The van der Waals surface area contributed by atoms with E-state index in [0.717, 1.165) is 10.0 Å². The average Bonchev–Trinajstić information content (AvgIpc) is 3.27. The summed E-state index contributed by atoms with van der Waals surface area (Å²) in [5.74, 6) is -1.31. The van der Waals surface area contributed by atoms with Gasteiger partial charge in [0.2, 0.25) is 0 Å². The first-order valence-corrected chi connectivity index (χ1v) is 12.2. The SMILES string of the molecule is CC(C(=O)N1CCC[C@H]1C(=O)O)N1C(=O)C(C)([Se]c2ccccc2)C1c1ccccc1. The molecule has 4 atom stereocenters. The van der Waals surface area contributed by atoms with Crippen LogP contribution in [0.4, 0.5) is 0 Å². The third kappa shape index (κ3) is 3.77. The number of carboxylic acids is 1. The molecule has 2 saturated heterocycles. The van der Waals surface area contributed by atoms with Crippen LogP contribution in [0.3, 0.4) is 0 Å². The van der Waals surface area contributed by atoms with E-state index in [1.165, 1.54) is 4.90 Å². The molecule has 0 bridgehead atoms. The molecule has 31 heavy (non-hydrogen) atoms. The van der Waals surface area contributed by atoms with Gasteiger partial charge in [0.05, 0.1) is 0 Å². The van der Waals surface area contributed by atoms with Gasteiger partial charge in [-0.3, -0.25) is 0 Å². The van der Waals surface area contributed by atoms with E-state index in [9.17, 15) is 19.5 Å². The molecular weight excluding hydrogens is 459 g/mol. The number of rotatable bonds is 6. The van der Waals surface area contributed by atoms with Crippen molar-refractivity contribution in [3.05, 3.63) is 66.2 Å². The molecule has 0 aliphatic carbocycles. The van der Waals surface area contributed by atoms with Crippen LogP contribution in [-0.4, -0.2) is 66.3 Å². The van der Waals surface area contributed by atoms with Crippen LogP contribution in [0, 0.1) is 0 Å². The predicted octanol–water partition coefficient (Wildman–Crippen LogP) is 2.24. The Kier molecular flexibility index (Phi) is 5.91. The standard InChI is InChI=1S/C24H26N2O4Se/c1-16(21(27)25-15-9-14-19(25)22(28)29)26-20(17-10-5-3-6-11-17)24(2,23(26)30)31-18-12-7-4-8-13-18/h3-8,10-13,16,19-20H,9,14-15H2,1-2H3,(H,28,29)/t16?,19-,20?,24?/m0/s1. The van der Waals surface area contributed by atoms with E-state index in [4.69, 9.17) is 0 Å². The fourth-order valence-electron chi connectivity index (χ4n) is 4.68. The molecule has 6 nitrogen and oxygen atoms in total. The van der Waals surface area contributed by atoms with Gasteiger partial charge >= 0.3 is 188 Å². The molecule has 0 radical (unpaired) electrons. The van der Waals surface area contributed by atoms with Crippen LogP contribution in [0.5, 0.6) is 0 Å². The summed E-state index contributed by atoms with van der Waals surface area (Å²) in [7, 11) is 0. The molecular formula is C24H26N2O4Se. The van der Waals surface area contributed by atoms with Crippen molar-refractivity contribution < 1.29 is 19.5 Å². The Bertz CT molecular complexity index is 984. The van der Waals surface area contributed by atoms with Crippen molar-refractivity contribution in [1.82, 2.24) is 9.80 Å². The zero-order valence-corrected chi connectivity index (χ0v) is 19.3. The summed E-state index contributed by atoms with van der Waals surface area (Å²) in [5.41, 5.74) is 0.998. The fourth-order valence-corrected chi connectivity index (χ4v) is 7.49. The molecule has 2 aliphatic rings. The van der Waals surface area contributed by atoms with Gasteiger partial charge in [0, 0.05) is 0 Å². The molecule has 0 aromatic heterocycles. The fraction of sp³-hybridized carbons (Fsp3) is 0.375. The maximum absolute atomic E-state index is 13.5. The number of hydrogen-bond acceptors (Lipinski definition) is 3. The van der Waals surface area contributed by atoms with Crippen molar-refractivity contribution in [2.45, 2.75) is 49.1 Å². The summed E-state index contributed by atoms with van der Waals surface area (Å²) in [6, 6.07) is 18.1. The van der Waals surface area contributed by atoms with E-state index >= 15 is 0 Å². The molecule has 7 heteroatoms. The van der Waals surface area contributed by atoms with Crippen LogP contribution in [0.15, 0.2) is 60.7 Å². The van der Waals surface area contributed by atoms with Crippen molar-refractivity contribution in [2.24, 2.45) is 0 Å². The summed E-state index contributed by atoms with van der Waals surface area (Å²) in [4.78, 5) is 41.4. The molecule has 4 rings (SSSR count). The second-order valence-corrected chi connectivity index (χ2v) is 11.4. The third-order valence-corrected chi connectivity index (χ3v) is 9.03. The summed E-state index contributed by atoms with van der Waals surface area (Å²) in [6.07, 6.45) is 1.12. The molecule has 2 fully saturated rings. The van der Waals surface area contributed by atoms with E-state index in [2.05, 4.69) is 0 Å². The normalized spacial score (nSPS) is 26.5. The Labute approximate surface area is 188 Å². The Hall–Kier alpha value is -2.63. The summed E-state index contributed by atoms with van der Waals surface area (Å²) in [5, 5.41) is 9.48. The van der Waals surface area contributed by atoms with Crippen LogP contribution in [-0.2, 0) is 14.4 Å². The number of carbonyl (C=O) groups excluding carboxylic acids is 2. The van der Waals surface area contributed by atoms with Gasteiger partial charge in [0.25, 0.3) is 0 Å². The topological polar surface area (TPSA) is 77.9 Å². The number of hydrogen-bond donors (Lipinski definition) is 1. The Balaban J connectivity index is 1.64. The minimum atomic E-state index is -0.982. The number of aliphatic carboxylic acids is 1. The van der Waals surface area contributed by atoms with Gasteiger partial charge in [-0.2, -0.15) is 0 Å². The molecule has 2 amide bonds. The number of nitrogens with zero attached hydrogens (tertiary/aromatic N) is 2. The van der Waals surface area contributed by atoms with Crippen LogP contribution in [0.2, 0.25) is 4.31 Å². The molecule has 0 spiro atoms. The maximum atomic E-state index is 13.5. The second-order valence-electron chi connectivity index (χ2n) is 8.25. The minimum absolute atomic E-state index is 0.0443. The van der Waals surface area contributed by atoms with Gasteiger partial charge in [-0.05, 0) is 0 Å². The predicted molar refractivity (Wildman–Crippen MR) is 118 cm³/mol. The summed E-state index contributed by atoms with van der Waals surface area (Å²) < 4.78 is 0.525. The number of likely N-dealkylation sites (tertiary alicyclic amines) is 2. The first-order chi connectivity index (χ1) is 14.8. The summed E-state index contributed by atoms with van der Waals surface area (Å²) >= 11 is -0.123. The molecule has 2 heterocycles. The number of carbonyl (C=O) groups is 3. The van der Waals surface area contributed by atoms with E-state index < -0.39 is 22.4 Å². The van der Waals surface area contributed by atoms with Gasteiger partial charge in [-0.1, -0.05) is 0 Å². The molecule has 162 valence electrons. The average molecular weight is 485 g/mol. The zero-order chi connectivity index (χ0) is 22.2. The van der Waals surface area contributed by atoms with E-state index in [1.54, 1.807) is 11.8 Å². The van der Waals surface area contributed by atoms with Crippen LogP contribution in [0.1, 0.15) is 38.3 Å². The van der Waals surface area contributed by atoms with Gasteiger partial charge < -0.3 is 0 Å². The number of β-lactam (4-membered cyclic amide) rings is 1. The van der Waals surface area contributed by atoms with Crippen molar-refractivity contribution in [3.63, 3.8) is 0 Å². The molecule has 0 saturated carbocycles. The molecule has 3 unspecified atom stereocenters. The Morgan fingerprint density at radius 3 is 2.32 bits per heavy atom. The number of benzene rings is 2. The monoisotopic (exact) mass is 486 g/mol. The van der Waals surface area contributed by atoms with Gasteiger partial charge in [0.1, 0.15) is 0 Å². The molecule has 2 aromatic rings. The van der Waals surface area contributed by atoms with E-state index in [1.807, 2.05) is 67.6 Å². The van der Waals surface area contributed by atoms with Crippen molar-refractivity contribution in [2.75, 3.05) is 6.54 Å². The van der Waals surface area contributed by atoms with Crippen LogP contribution < -0.4 is 4.46 Å². The van der Waals surface area contributed by atoms with Crippen molar-refractivity contribution in [1.29, 1.82) is 0 Å². The van der Waals surface area contributed by atoms with Crippen molar-refractivity contribution >= 4 is 37.2 Å². The second kappa shape index (κ2) is 8.48. The summed E-state index contributed by atoms with van der Waals surface area (Å²) in [6.45, 7) is 4.13. The number of amides is 2. The quantitative estimate of drug-likeness (QED) is 0.503.